The summed E-state index contributed by atoms with van der Waals surface area (Å²) in [5.74, 6) is 0.625. The van der Waals surface area contributed by atoms with Gasteiger partial charge in [-0.1, -0.05) is 35.3 Å². The van der Waals surface area contributed by atoms with Gasteiger partial charge in [-0.25, -0.2) is 18.4 Å². The fourth-order valence-electron chi connectivity index (χ4n) is 6.16. The van der Waals surface area contributed by atoms with E-state index in [0.717, 1.165) is 42.7 Å². The molecule has 0 bridgehead atoms. The number of rotatable bonds is 9. The Balaban J connectivity index is 1.22. The van der Waals surface area contributed by atoms with Gasteiger partial charge in [0.2, 0.25) is 15.9 Å². The van der Waals surface area contributed by atoms with Gasteiger partial charge in [-0.2, -0.15) is 4.31 Å². The maximum atomic E-state index is 14.0. The van der Waals surface area contributed by atoms with Crippen LogP contribution < -0.4 is 10.1 Å². The number of aromatic nitrogens is 3. The number of imidazole rings is 1. The number of likely N-dealkylation sites (tertiary alicyclic amines) is 1. The molecule has 0 spiro atoms. The molecule has 10 nitrogen and oxygen atoms in total. The Bertz CT molecular complexity index is 1810. The van der Waals surface area contributed by atoms with Gasteiger partial charge in [0.25, 0.3) is 0 Å². The SMILES string of the molecule is Cc1cc(-n2ccnc2)c2cccc(OCc3c(Cl)ccc(S(=O)(=O)N4CCC[C@H]4C(=O)NCC4CCN(C)CC4)c3Cl)c2n1. The van der Waals surface area contributed by atoms with Crippen LogP contribution in [-0.2, 0) is 21.4 Å². The van der Waals surface area contributed by atoms with Crippen LogP contribution in [0.15, 0.2) is 60.0 Å². The number of fused-ring (bicyclic) bond motifs is 1. The number of ether oxygens (including phenoxy) is 1. The third kappa shape index (κ3) is 6.55. The minimum atomic E-state index is -4.11. The molecule has 2 aliphatic rings. The van der Waals surface area contributed by atoms with Crippen molar-refractivity contribution in [2.24, 2.45) is 5.92 Å². The molecule has 0 saturated carbocycles. The molecule has 1 atom stereocenters. The van der Waals surface area contributed by atoms with Crippen LogP contribution in [0.5, 0.6) is 5.75 Å². The van der Waals surface area contributed by atoms with Gasteiger partial charge < -0.3 is 19.5 Å². The van der Waals surface area contributed by atoms with Crippen molar-refractivity contribution >= 4 is 50.0 Å². The summed E-state index contributed by atoms with van der Waals surface area (Å²) in [7, 11) is -2.02. The number of aryl methyl sites for hydroxylation is 1. The topological polar surface area (TPSA) is 110 Å². The highest BCUT2D eigenvalue weighted by Crippen LogP contribution is 2.37. The van der Waals surface area contributed by atoms with Crippen molar-refractivity contribution in [3.63, 3.8) is 0 Å². The number of carbonyl (C=O) groups is 1. The Morgan fingerprint density at radius 1 is 1.11 bits per heavy atom. The molecule has 0 unspecified atom stereocenters. The van der Waals surface area contributed by atoms with E-state index in [0.29, 0.717) is 42.1 Å². The zero-order chi connectivity index (χ0) is 31.7. The molecule has 2 aromatic carbocycles. The summed E-state index contributed by atoms with van der Waals surface area (Å²) in [5, 5.41) is 4.13. The summed E-state index contributed by atoms with van der Waals surface area (Å²) in [4.78, 5) is 24.3. The van der Waals surface area contributed by atoms with Crippen LogP contribution in [0.3, 0.4) is 0 Å². The molecule has 0 radical (unpaired) electrons. The van der Waals surface area contributed by atoms with Crippen LogP contribution in [0.2, 0.25) is 10.0 Å². The highest BCUT2D eigenvalue weighted by Gasteiger charge is 2.41. The van der Waals surface area contributed by atoms with Crippen LogP contribution in [0.4, 0.5) is 0 Å². The standard InChI is InChI=1S/C32H36Cl2N6O4S/c1-21-17-27(39-16-12-35-20-39)23-5-3-7-28(31(23)37-21)44-19-24-25(33)8-9-29(30(24)34)45(42,43)40-13-4-6-26(40)32(41)36-18-22-10-14-38(2)15-11-22/h3,5,7-9,12,16-17,20,22,26H,4,6,10-11,13-15,18-19H2,1-2H3,(H,36,41)/t26-/m0/s1. The third-order valence-corrected chi connectivity index (χ3v) is 11.6. The molecule has 238 valence electrons. The Morgan fingerprint density at radius 3 is 2.67 bits per heavy atom. The van der Waals surface area contributed by atoms with Crippen molar-refractivity contribution in [1.82, 2.24) is 29.1 Å². The first-order valence-electron chi connectivity index (χ1n) is 15.1. The van der Waals surface area contributed by atoms with E-state index in [2.05, 4.69) is 22.2 Å². The van der Waals surface area contributed by atoms with Gasteiger partial charge in [-0.15, -0.1) is 0 Å². The lowest BCUT2D eigenvalue weighted by molar-refractivity contribution is -0.124. The highest BCUT2D eigenvalue weighted by molar-refractivity contribution is 7.89. The molecular weight excluding hydrogens is 635 g/mol. The second-order valence-corrected chi connectivity index (χ2v) is 14.4. The van der Waals surface area contributed by atoms with Crippen molar-refractivity contribution in [3.05, 3.63) is 76.4 Å². The van der Waals surface area contributed by atoms with Crippen molar-refractivity contribution in [2.45, 2.75) is 50.2 Å². The number of carbonyl (C=O) groups excluding carboxylic acids is 1. The Hall–Kier alpha value is -3.22. The Kier molecular flexibility index (Phi) is 9.35. The number of halogens is 2. The van der Waals surface area contributed by atoms with Gasteiger partial charge in [0.15, 0.2) is 0 Å². The van der Waals surface area contributed by atoms with Crippen molar-refractivity contribution in [3.8, 4) is 11.4 Å². The molecule has 2 aliphatic heterocycles. The first-order valence-corrected chi connectivity index (χ1v) is 17.3. The van der Waals surface area contributed by atoms with E-state index < -0.39 is 16.1 Å². The van der Waals surface area contributed by atoms with Crippen molar-refractivity contribution in [2.75, 3.05) is 33.2 Å². The zero-order valence-corrected chi connectivity index (χ0v) is 27.6. The summed E-state index contributed by atoms with van der Waals surface area (Å²) in [6.07, 6.45) is 8.34. The molecule has 45 heavy (non-hydrogen) atoms. The van der Waals surface area contributed by atoms with E-state index in [1.165, 1.54) is 16.4 Å². The quantitative estimate of drug-likeness (QED) is 0.260. The van der Waals surface area contributed by atoms with Gasteiger partial charge in [-0.05, 0) is 82.9 Å². The predicted molar refractivity (Wildman–Crippen MR) is 175 cm³/mol. The molecule has 4 aromatic rings. The van der Waals surface area contributed by atoms with Crippen LogP contribution in [0.25, 0.3) is 16.6 Å². The second kappa shape index (κ2) is 13.3. The van der Waals surface area contributed by atoms with Crippen LogP contribution in [-0.4, -0.2) is 77.3 Å². The first-order chi connectivity index (χ1) is 21.6. The number of amides is 1. The molecule has 6 rings (SSSR count). The molecule has 4 heterocycles. The molecule has 1 N–H and O–H groups in total. The molecular formula is C32H36Cl2N6O4S. The third-order valence-electron chi connectivity index (χ3n) is 8.71. The van der Waals surface area contributed by atoms with Crippen LogP contribution in [0.1, 0.15) is 36.9 Å². The number of hydrogen-bond acceptors (Lipinski definition) is 7. The maximum Gasteiger partial charge on any atom is 0.245 e. The fourth-order valence-corrected chi connectivity index (χ4v) is 8.68. The summed E-state index contributed by atoms with van der Waals surface area (Å²) in [5.41, 5.74) is 2.67. The van der Waals surface area contributed by atoms with Crippen LogP contribution in [0, 0.1) is 12.8 Å². The van der Waals surface area contributed by atoms with Crippen LogP contribution >= 0.6 is 23.2 Å². The van der Waals surface area contributed by atoms with Gasteiger partial charge >= 0.3 is 0 Å². The lowest BCUT2D eigenvalue weighted by atomic mass is 9.97. The number of sulfonamides is 1. The molecule has 2 fully saturated rings. The van der Waals surface area contributed by atoms with E-state index in [1.807, 2.05) is 35.9 Å². The fraction of sp³-hybridized carbons (Fsp3) is 0.406. The minimum absolute atomic E-state index is 0.0247. The lowest BCUT2D eigenvalue weighted by Gasteiger charge is -2.30. The number of para-hydroxylation sites is 1. The monoisotopic (exact) mass is 670 g/mol. The number of pyridine rings is 1. The normalized spacial score (nSPS) is 18.4. The molecule has 13 heteroatoms. The van der Waals surface area contributed by atoms with E-state index in [1.54, 1.807) is 18.6 Å². The summed E-state index contributed by atoms with van der Waals surface area (Å²) < 4.78 is 37.3. The van der Waals surface area contributed by atoms with E-state index >= 15 is 0 Å². The zero-order valence-electron chi connectivity index (χ0n) is 25.2. The predicted octanol–water partition coefficient (Wildman–Crippen LogP) is 5.23. The molecule has 0 aliphatic carbocycles. The molecule has 1 amide bonds. The van der Waals surface area contributed by atoms with E-state index in [-0.39, 0.29) is 34.0 Å². The second-order valence-electron chi connectivity index (χ2n) is 11.8. The minimum Gasteiger partial charge on any atom is -0.487 e. The Morgan fingerprint density at radius 2 is 1.91 bits per heavy atom. The lowest BCUT2D eigenvalue weighted by Crippen LogP contribution is -2.47. The highest BCUT2D eigenvalue weighted by atomic mass is 35.5. The summed E-state index contributed by atoms with van der Waals surface area (Å²) in [6, 6.07) is 9.70. The van der Waals surface area contributed by atoms with E-state index in [9.17, 15) is 13.2 Å². The number of piperidine rings is 1. The summed E-state index contributed by atoms with van der Waals surface area (Å²) in [6.45, 7) is 4.59. The average molecular weight is 672 g/mol. The molecule has 2 saturated heterocycles. The Labute approximate surface area is 273 Å². The van der Waals surface area contributed by atoms with Crippen molar-refractivity contribution < 1.29 is 17.9 Å². The van der Waals surface area contributed by atoms with Crippen molar-refractivity contribution in [1.29, 1.82) is 0 Å². The van der Waals surface area contributed by atoms with Gasteiger partial charge in [0.1, 0.15) is 28.8 Å². The van der Waals surface area contributed by atoms with E-state index in [4.69, 9.17) is 32.9 Å². The van der Waals surface area contributed by atoms with Gasteiger partial charge in [-0.3, -0.25) is 4.79 Å². The number of nitrogens with one attached hydrogen (secondary N) is 1. The smallest absolute Gasteiger partial charge is 0.245 e. The number of hydrogen-bond donors (Lipinski definition) is 1. The number of benzene rings is 2. The average Bonchev–Trinajstić information content (AvgIpc) is 3.74. The molecule has 2 aromatic heterocycles. The summed E-state index contributed by atoms with van der Waals surface area (Å²) >= 11 is 13.3. The van der Waals surface area contributed by atoms with Gasteiger partial charge in [0.05, 0.1) is 17.0 Å². The first kappa shape index (κ1) is 31.7. The maximum absolute atomic E-state index is 14.0. The number of nitrogens with zero attached hydrogens (tertiary/aromatic N) is 5. The largest absolute Gasteiger partial charge is 0.487 e. The van der Waals surface area contributed by atoms with Gasteiger partial charge in [0, 0.05) is 47.1 Å².